The van der Waals surface area contributed by atoms with Crippen LogP contribution in [-0.4, -0.2) is 5.78 Å². The van der Waals surface area contributed by atoms with Crippen LogP contribution in [0, 0.1) is 11.6 Å². The molecule has 3 aromatic carbocycles. The van der Waals surface area contributed by atoms with E-state index in [1.54, 1.807) is 0 Å². The molecule has 0 unspecified atom stereocenters. The number of benzene rings is 3. The first-order valence-corrected chi connectivity index (χ1v) is 9.99. The smallest absolute Gasteiger partial charge is 0.163 e. The van der Waals surface area contributed by atoms with E-state index < -0.39 is 17.7 Å². The summed E-state index contributed by atoms with van der Waals surface area (Å²) in [7, 11) is 0. The van der Waals surface area contributed by atoms with Crippen LogP contribution in [0.5, 0.6) is 0 Å². The van der Waals surface area contributed by atoms with Crippen molar-refractivity contribution in [3.63, 3.8) is 0 Å². The van der Waals surface area contributed by atoms with E-state index in [0.717, 1.165) is 34.8 Å². The van der Waals surface area contributed by atoms with Crippen molar-refractivity contribution in [2.75, 3.05) is 10.6 Å². The van der Waals surface area contributed by atoms with Gasteiger partial charge in [-0.15, -0.1) is 0 Å². The van der Waals surface area contributed by atoms with Gasteiger partial charge in [0.05, 0.1) is 17.4 Å². The Kier molecular flexibility index (Phi) is 4.58. The van der Waals surface area contributed by atoms with E-state index in [1.165, 1.54) is 6.07 Å². The van der Waals surface area contributed by atoms with Gasteiger partial charge in [-0.05, 0) is 48.2 Å². The Hall–Kier alpha value is -3.47. The molecule has 2 atom stereocenters. The van der Waals surface area contributed by atoms with E-state index in [-0.39, 0.29) is 17.3 Å². The van der Waals surface area contributed by atoms with E-state index in [1.807, 2.05) is 54.6 Å². The van der Waals surface area contributed by atoms with Gasteiger partial charge in [0.15, 0.2) is 5.78 Å². The Balaban J connectivity index is 1.65. The van der Waals surface area contributed by atoms with Gasteiger partial charge in [0, 0.05) is 23.3 Å². The molecule has 0 saturated carbocycles. The zero-order valence-electron chi connectivity index (χ0n) is 16.2. The Morgan fingerprint density at radius 2 is 1.57 bits per heavy atom. The first-order valence-electron chi connectivity index (χ1n) is 9.99. The van der Waals surface area contributed by atoms with Crippen molar-refractivity contribution >= 4 is 17.2 Å². The lowest BCUT2D eigenvalue weighted by atomic mass is 9.78. The summed E-state index contributed by atoms with van der Waals surface area (Å²) in [5.41, 5.74) is 4.01. The number of Topliss-reactive ketones (excluding diaryl/α,β-unsaturated/α-hetero) is 1. The van der Waals surface area contributed by atoms with Gasteiger partial charge in [0.1, 0.15) is 11.6 Å². The fraction of sp³-hybridized carbons (Fsp3) is 0.160. The molecule has 0 radical (unpaired) electrons. The molecular formula is C25H20F2N2O. The number of carbonyl (C=O) groups is 1. The van der Waals surface area contributed by atoms with Crippen molar-refractivity contribution in [1.29, 1.82) is 0 Å². The number of hydrogen-bond acceptors (Lipinski definition) is 3. The van der Waals surface area contributed by atoms with Crippen LogP contribution in [0.2, 0.25) is 0 Å². The molecule has 2 N–H and O–H groups in total. The van der Waals surface area contributed by atoms with Gasteiger partial charge in [-0.3, -0.25) is 4.79 Å². The van der Waals surface area contributed by atoms with Crippen molar-refractivity contribution in [2.24, 2.45) is 0 Å². The van der Waals surface area contributed by atoms with E-state index in [0.29, 0.717) is 18.4 Å². The number of anilines is 2. The lowest BCUT2D eigenvalue weighted by Gasteiger charge is -2.30. The van der Waals surface area contributed by atoms with Crippen molar-refractivity contribution in [1.82, 2.24) is 0 Å². The number of rotatable bonds is 2. The van der Waals surface area contributed by atoms with Crippen molar-refractivity contribution in [3.8, 4) is 0 Å². The molecule has 3 aromatic rings. The third-order valence-corrected chi connectivity index (χ3v) is 5.85. The number of ketones is 1. The standard InChI is InChI=1S/C25H20F2N2O/c26-17-10-11-19(27)18(14-17)25-24-22(28-20-8-4-5-9-21(20)29-25)12-16(13-23(24)30)15-6-2-1-3-7-15/h1-11,14,16,25,28-29H,12-13H2/t16-,25-/m0/s1. The average molecular weight is 402 g/mol. The van der Waals surface area contributed by atoms with E-state index >= 15 is 0 Å². The van der Waals surface area contributed by atoms with Gasteiger partial charge < -0.3 is 10.6 Å². The van der Waals surface area contributed by atoms with Crippen LogP contribution in [0.3, 0.4) is 0 Å². The summed E-state index contributed by atoms with van der Waals surface area (Å²) < 4.78 is 28.7. The first-order chi connectivity index (χ1) is 14.6. The Morgan fingerprint density at radius 3 is 2.37 bits per heavy atom. The predicted octanol–water partition coefficient (Wildman–Crippen LogP) is 5.94. The Bertz CT molecular complexity index is 1160. The number of fused-ring (bicyclic) bond motifs is 1. The van der Waals surface area contributed by atoms with Gasteiger partial charge in [0.2, 0.25) is 0 Å². The normalized spacial score (nSPS) is 20.5. The zero-order valence-corrected chi connectivity index (χ0v) is 16.2. The predicted molar refractivity (Wildman–Crippen MR) is 113 cm³/mol. The molecular weight excluding hydrogens is 382 g/mol. The minimum Gasteiger partial charge on any atom is -0.372 e. The molecule has 3 nitrogen and oxygen atoms in total. The summed E-state index contributed by atoms with van der Waals surface area (Å²) in [4.78, 5) is 13.3. The minimum absolute atomic E-state index is 0.0354. The molecule has 0 fully saturated rings. The second kappa shape index (κ2) is 7.41. The van der Waals surface area contributed by atoms with Gasteiger partial charge in [0.25, 0.3) is 0 Å². The number of halogens is 2. The maximum absolute atomic E-state index is 14.7. The molecule has 1 heterocycles. The van der Waals surface area contributed by atoms with Crippen LogP contribution in [0.25, 0.3) is 0 Å². The molecule has 150 valence electrons. The Morgan fingerprint density at radius 1 is 0.833 bits per heavy atom. The summed E-state index contributed by atoms with van der Waals surface area (Å²) in [6.07, 6.45) is 0.949. The van der Waals surface area contributed by atoms with Gasteiger partial charge in [-0.25, -0.2) is 8.78 Å². The molecule has 0 amide bonds. The highest BCUT2D eigenvalue weighted by Crippen LogP contribution is 2.44. The van der Waals surface area contributed by atoms with Crippen LogP contribution in [0.1, 0.15) is 35.9 Å². The highest BCUT2D eigenvalue weighted by atomic mass is 19.1. The number of hydrogen-bond donors (Lipinski definition) is 2. The number of nitrogens with one attached hydrogen (secondary N) is 2. The molecule has 0 bridgehead atoms. The molecule has 2 aliphatic rings. The van der Waals surface area contributed by atoms with Gasteiger partial charge in [-0.2, -0.15) is 0 Å². The van der Waals surface area contributed by atoms with Crippen molar-refractivity contribution < 1.29 is 13.6 Å². The second-order valence-corrected chi connectivity index (χ2v) is 7.75. The van der Waals surface area contributed by atoms with Crippen LogP contribution < -0.4 is 10.6 Å². The first kappa shape index (κ1) is 18.6. The van der Waals surface area contributed by atoms with Gasteiger partial charge >= 0.3 is 0 Å². The topological polar surface area (TPSA) is 41.1 Å². The SMILES string of the molecule is O=C1C[C@@H](c2ccccc2)CC2=C1[C@H](c1cc(F)ccc1F)Nc1ccccc1N2. The number of para-hydroxylation sites is 2. The highest BCUT2D eigenvalue weighted by molar-refractivity contribution is 6.01. The largest absolute Gasteiger partial charge is 0.372 e. The third-order valence-electron chi connectivity index (χ3n) is 5.85. The molecule has 5 heteroatoms. The van der Waals surface area contributed by atoms with Crippen LogP contribution in [-0.2, 0) is 4.79 Å². The molecule has 1 aliphatic carbocycles. The zero-order chi connectivity index (χ0) is 20.7. The summed E-state index contributed by atoms with van der Waals surface area (Å²) in [6, 6.07) is 20.1. The van der Waals surface area contributed by atoms with E-state index in [9.17, 15) is 13.6 Å². The second-order valence-electron chi connectivity index (χ2n) is 7.75. The Labute approximate surface area is 173 Å². The summed E-state index contributed by atoms with van der Waals surface area (Å²) in [5, 5.41) is 6.69. The molecule has 0 spiro atoms. The van der Waals surface area contributed by atoms with Crippen LogP contribution in [0.15, 0.2) is 84.1 Å². The number of allylic oxidation sites excluding steroid dienone is 1. The fourth-order valence-electron chi connectivity index (χ4n) is 4.42. The maximum atomic E-state index is 14.7. The van der Waals surface area contributed by atoms with Crippen LogP contribution in [0.4, 0.5) is 20.2 Å². The number of carbonyl (C=O) groups excluding carboxylic acids is 1. The fourth-order valence-corrected chi connectivity index (χ4v) is 4.42. The molecule has 0 aromatic heterocycles. The highest BCUT2D eigenvalue weighted by Gasteiger charge is 2.37. The summed E-state index contributed by atoms with van der Waals surface area (Å²) in [5.74, 6) is -1.11. The summed E-state index contributed by atoms with van der Waals surface area (Å²) >= 11 is 0. The van der Waals surface area contributed by atoms with Crippen molar-refractivity contribution in [2.45, 2.75) is 24.8 Å². The van der Waals surface area contributed by atoms with E-state index in [4.69, 9.17) is 0 Å². The molecule has 5 rings (SSSR count). The molecule has 0 saturated heterocycles. The molecule has 1 aliphatic heterocycles. The molecule has 30 heavy (non-hydrogen) atoms. The lowest BCUT2D eigenvalue weighted by molar-refractivity contribution is -0.116. The maximum Gasteiger partial charge on any atom is 0.163 e. The third kappa shape index (κ3) is 3.26. The average Bonchev–Trinajstić information content (AvgIpc) is 2.93. The van der Waals surface area contributed by atoms with E-state index in [2.05, 4.69) is 10.6 Å². The monoisotopic (exact) mass is 402 g/mol. The summed E-state index contributed by atoms with van der Waals surface area (Å²) in [6.45, 7) is 0. The lowest BCUT2D eigenvalue weighted by Crippen LogP contribution is -2.27. The van der Waals surface area contributed by atoms with Crippen LogP contribution >= 0.6 is 0 Å². The quantitative estimate of drug-likeness (QED) is 0.557. The van der Waals surface area contributed by atoms with Crippen molar-refractivity contribution in [3.05, 3.63) is 107 Å². The van der Waals surface area contributed by atoms with Gasteiger partial charge in [-0.1, -0.05) is 42.5 Å². The minimum atomic E-state index is -0.768.